The van der Waals surface area contributed by atoms with Crippen molar-refractivity contribution in [1.82, 2.24) is 5.32 Å². The van der Waals surface area contributed by atoms with Gasteiger partial charge >= 0.3 is 0 Å². The fraction of sp³-hybridized carbons (Fsp3) is 1.00. The minimum atomic E-state index is -0.0466. The molecule has 0 aromatic heterocycles. The maximum absolute atomic E-state index is 5.44. The van der Waals surface area contributed by atoms with Gasteiger partial charge in [-0.05, 0) is 12.8 Å². The zero-order chi connectivity index (χ0) is 11.8. The van der Waals surface area contributed by atoms with Crippen molar-refractivity contribution in [3.05, 3.63) is 0 Å². The third-order valence-electron chi connectivity index (χ3n) is 2.84. The average Bonchev–Trinajstić information content (AvgIpc) is 2.41. The molecular weight excluding hydrogens is 222 g/mol. The molecule has 2 aliphatic rings. The average molecular weight is 244 g/mol. The SMILES string of the molecule is C1COC(CC[N]CCC2OCCCO2)OC1. The van der Waals surface area contributed by atoms with Gasteiger partial charge in [0.05, 0.1) is 26.4 Å². The molecule has 1 radical (unpaired) electrons. The van der Waals surface area contributed by atoms with Crippen molar-refractivity contribution in [2.75, 3.05) is 39.5 Å². The van der Waals surface area contributed by atoms with E-state index in [1.54, 1.807) is 0 Å². The number of ether oxygens (including phenoxy) is 4. The van der Waals surface area contributed by atoms with Gasteiger partial charge in [0.15, 0.2) is 12.6 Å². The Hall–Kier alpha value is -0.200. The molecule has 2 rings (SSSR count). The van der Waals surface area contributed by atoms with Crippen molar-refractivity contribution >= 4 is 0 Å². The molecule has 0 aromatic rings. The summed E-state index contributed by atoms with van der Waals surface area (Å²) in [7, 11) is 0. The van der Waals surface area contributed by atoms with Gasteiger partial charge in [-0.15, -0.1) is 0 Å². The van der Waals surface area contributed by atoms with Crippen LogP contribution in [0.1, 0.15) is 25.7 Å². The van der Waals surface area contributed by atoms with Crippen LogP contribution in [0.5, 0.6) is 0 Å². The lowest BCUT2D eigenvalue weighted by Gasteiger charge is -2.24. The molecule has 0 N–H and O–H groups in total. The van der Waals surface area contributed by atoms with Crippen LogP contribution >= 0.6 is 0 Å². The van der Waals surface area contributed by atoms with Gasteiger partial charge in [0, 0.05) is 25.9 Å². The molecule has 0 bridgehead atoms. The van der Waals surface area contributed by atoms with E-state index < -0.39 is 0 Å². The molecule has 0 atom stereocenters. The first-order valence-corrected chi connectivity index (χ1v) is 6.55. The van der Waals surface area contributed by atoms with Crippen LogP contribution in [-0.2, 0) is 18.9 Å². The highest BCUT2D eigenvalue weighted by Crippen LogP contribution is 2.09. The highest BCUT2D eigenvalue weighted by atomic mass is 16.7. The standard InChI is InChI=1S/C12H22NO4/c1-7-14-11(15-8-1)3-5-13-6-4-12-16-9-2-10-17-12/h11-12H,1-10H2. The molecule has 0 aliphatic carbocycles. The number of nitrogens with zero attached hydrogens (tertiary/aromatic N) is 1. The second kappa shape index (κ2) is 8.00. The van der Waals surface area contributed by atoms with Crippen molar-refractivity contribution in [2.45, 2.75) is 38.3 Å². The molecule has 2 fully saturated rings. The summed E-state index contributed by atoms with van der Waals surface area (Å²) >= 11 is 0. The van der Waals surface area contributed by atoms with Crippen LogP contribution < -0.4 is 5.32 Å². The van der Waals surface area contributed by atoms with Gasteiger partial charge in [-0.25, -0.2) is 5.32 Å². The fourth-order valence-corrected chi connectivity index (χ4v) is 1.91. The van der Waals surface area contributed by atoms with Gasteiger partial charge in [-0.3, -0.25) is 0 Å². The van der Waals surface area contributed by atoms with Crippen LogP contribution in [0.25, 0.3) is 0 Å². The quantitative estimate of drug-likeness (QED) is 0.651. The topological polar surface area (TPSA) is 51.0 Å². The van der Waals surface area contributed by atoms with E-state index in [-0.39, 0.29) is 12.6 Å². The van der Waals surface area contributed by atoms with Gasteiger partial charge in [0.2, 0.25) is 0 Å². The first kappa shape index (κ1) is 13.2. The van der Waals surface area contributed by atoms with E-state index in [0.717, 1.165) is 65.2 Å². The summed E-state index contributed by atoms with van der Waals surface area (Å²) in [5.41, 5.74) is 0. The Kier molecular flexibility index (Phi) is 6.23. The second-order valence-corrected chi connectivity index (χ2v) is 4.30. The van der Waals surface area contributed by atoms with Crippen LogP contribution in [-0.4, -0.2) is 52.1 Å². The molecule has 5 heteroatoms. The first-order chi connectivity index (χ1) is 8.45. The normalized spacial score (nSPS) is 24.0. The van der Waals surface area contributed by atoms with E-state index in [1.165, 1.54) is 0 Å². The van der Waals surface area contributed by atoms with E-state index >= 15 is 0 Å². The lowest BCUT2D eigenvalue weighted by atomic mass is 10.3. The molecule has 17 heavy (non-hydrogen) atoms. The Morgan fingerprint density at radius 2 is 1.12 bits per heavy atom. The summed E-state index contributed by atoms with van der Waals surface area (Å²) < 4.78 is 21.8. The maximum atomic E-state index is 5.44. The van der Waals surface area contributed by atoms with E-state index in [2.05, 4.69) is 5.32 Å². The van der Waals surface area contributed by atoms with Gasteiger partial charge in [0.25, 0.3) is 0 Å². The summed E-state index contributed by atoms with van der Waals surface area (Å²) in [5, 5.41) is 4.44. The monoisotopic (exact) mass is 244 g/mol. The summed E-state index contributed by atoms with van der Waals surface area (Å²) in [6.45, 7) is 4.83. The molecule has 2 saturated heterocycles. The van der Waals surface area contributed by atoms with Crippen molar-refractivity contribution < 1.29 is 18.9 Å². The number of rotatable bonds is 6. The summed E-state index contributed by atoms with van der Waals surface area (Å²) in [5.74, 6) is 0. The number of hydrogen-bond acceptors (Lipinski definition) is 4. The molecule has 99 valence electrons. The highest BCUT2D eigenvalue weighted by Gasteiger charge is 2.15. The molecule has 2 aliphatic heterocycles. The van der Waals surface area contributed by atoms with Crippen LogP contribution in [0.2, 0.25) is 0 Å². The molecular formula is C12H22NO4. The van der Waals surface area contributed by atoms with Gasteiger partial charge in [-0.1, -0.05) is 0 Å². The van der Waals surface area contributed by atoms with Crippen LogP contribution in [0.4, 0.5) is 0 Å². The van der Waals surface area contributed by atoms with Crippen LogP contribution in [0.3, 0.4) is 0 Å². The third kappa shape index (κ3) is 5.31. The zero-order valence-corrected chi connectivity index (χ0v) is 10.3. The Balaban J connectivity index is 1.42. The first-order valence-electron chi connectivity index (χ1n) is 6.55. The van der Waals surface area contributed by atoms with Gasteiger partial charge < -0.3 is 18.9 Å². The summed E-state index contributed by atoms with van der Waals surface area (Å²) in [4.78, 5) is 0. The minimum absolute atomic E-state index is 0.0466. The number of hydrogen-bond donors (Lipinski definition) is 0. The fourth-order valence-electron chi connectivity index (χ4n) is 1.91. The summed E-state index contributed by atoms with van der Waals surface area (Å²) in [6, 6.07) is 0. The summed E-state index contributed by atoms with van der Waals surface area (Å²) in [6.07, 6.45) is 3.62. The molecule has 2 heterocycles. The zero-order valence-electron chi connectivity index (χ0n) is 10.3. The smallest absolute Gasteiger partial charge is 0.158 e. The lowest BCUT2D eigenvalue weighted by Crippen LogP contribution is -2.29. The Morgan fingerprint density at radius 3 is 1.53 bits per heavy atom. The largest absolute Gasteiger partial charge is 0.353 e. The van der Waals surface area contributed by atoms with E-state index in [1.807, 2.05) is 0 Å². The Morgan fingerprint density at radius 1 is 0.706 bits per heavy atom. The Bertz CT molecular complexity index is 171. The highest BCUT2D eigenvalue weighted by molar-refractivity contribution is 4.57. The predicted molar refractivity (Wildman–Crippen MR) is 61.7 cm³/mol. The Labute approximate surface area is 103 Å². The second-order valence-electron chi connectivity index (χ2n) is 4.30. The van der Waals surface area contributed by atoms with E-state index in [9.17, 15) is 0 Å². The predicted octanol–water partition coefficient (Wildman–Crippen LogP) is 0.897. The van der Waals surface area contributed by atoms with E-state index in [0.29, 0.717) is 0 Å². The molecule has 0 aromatic carbocycles. The molecule has 0 saturated carbocycles. The lowest BCUT2D eigenvalue weighted by molar-refractivity contribution is -0.182. The maximum Gasteiger partial charge on any atom is 0.158 e. The molecule has 0 spiro atoms. The van der Waals surface area contributed by atoms with Crippen molar-refractivity contribution in [1.29, 1.82) is 0 Å². The van der Waals surface area contributed by atoms with Gasteiger partial charge in [0.1, 0.15) is 0 Å². The van der Waals surface area contributed by atoms with Gasteiger partial charge in [-0.2, -0.15) is 0 Å². The van der Waals surface area contributed by atoms with Crippen molar-refractivity contribution in [2.24, 2.45) is 0 Å². The van der Waals surface area contributed by atoms with Crippen molar-refractivity contribution in [3.63, 3.8) is 0 Å². The molecule has 0 unspecified atom stereocenters. The third-order valence-corrected chi connectivity index (χ3v) is 2.84. The van der Waals surface area contributed by atoms with Crippen molar-refractivity contribution in [3.8, 4) is 0 Å². The molecule has 0 amide bonds. The van der Waals surface area contributed by atoms with Crippen LogP contribution in [0.15, 0.2) is 0 Å². The molecule has 5 nitrogen and oxygen atoms in total. The van der Waals surface area contributed by atoms with Crippen LogP contribution in [0, 0.1) is 0 Å². The minimum Gasteiger partial charge on any atom is -0.353 e. The van der Waals surface area contributed by atoms with E-state index in [4.69, 9.17) is 18.9 Å².